The highest BCUT2D eigenvalue weighted by Gasteiger charge is 2.20. The van der Waals surface area contributed by atoms with Crippen LogP contribution in [0.15, 0.2) is 12.1 Å². The van der Waals surface area contributed by atoms with Crippen LogP contribution in [0.4, 0.5) is 5.69 Å². The zero-order valence-electron chi connectivity index (χ0n) is 9.36. The summed E-state index contributed by atoms with van der Waals surface area (Å²) in [5.74, 6) is 0.998. The first-order chi connectivity index (χ1) is 6.98. The monoisotopic (exact) mass is 317 g/mol. The van der Waals surface area contributed by atoms with Gasteiger partial charge in [0.2, 0.25) is 0 Å². The standard InChI is InChI=1S/C12H16INO/c1-12(2,3)8-6-9(13)11-10(7-8)15-5-4-14-11/h6-7,14H,4-5H2,1-3H3. The number of hydrogen-bond donors (Lipinski definition) is 1. The minimum atomic E-state index is 0.176. The summed E-state index contributed by atoms with van der Waals surface area (Å²) >= 11 is 2.37. The number of halogens is 1. The topological polar surface area (TPSA) is 21.3 Å². The van der Waals surface area contributed by atoms with Crippen LogP contribution in [0.1, 0.15) is 26.3 Å². The van der Waals surface area contributed by atoms with Crippen molar-refractivity contribution in [3.05, 3.63) is 21.3 Å². The lowest BCUT2D eigenvalue weighted by atomic mass is 9.87. The Morgan fingerprint density at radius 1 is 1.33 bits per heavy atom. The van der Waals surface area contributed by atoms with Crippen molar-refractivity contribution < 1.29 is 4.74 Å². The van der Waals surface area contributed by atoms with E-state index in [1.165, 1.54) is 9.13 Å². The van der Waals surface area contributed by atoms with Crippen molar-refractivity contribution in [3.8, 4) is 5.75 Å². The van der Waals surface area contributed by atoms with Gasteiger partial charge in [-0.05, 0) is 45.7 Å². The molecule has 0 radical (unpaired) electrons. The van der Waals surface area contributed by atoms with Gasteiger partial charge in [-0.2, -0.15) is 0 Å². The molecule has 1 aromatic rings. The molecule has 1 heterocycles. The first kappa shape index (κ1) is 11.0. The maximum atomic E-state index is 5.67. The van der Waals surface area contributed by atoms with E-state index in [-0.39, 0.29) is 5.41 Å². The molecular formula is C12H16INO. The van der Waals surface area contributed by atoms with Gasteiger partial charge in [-0.25, -0.2) is 0 Å². The minimum absolute atomic E-state index is 0.176. The summed E-state index contributed by atoms with van der Waals surface area (Å²) in [6, 6.07) is 4.39. The van der Waals surface area contributed by atoms with Gasteiger partial charge in [0.15, 0.2) is 0 Å². The molecule has 1 aliphatic heterocycles. The predicted molar refractivity (Wildman–Crippen MR) is 71.8 cm³/mol. The average molecular weight is 317 g/mol. The molecule has 0 fully saturated rings. The van der Waals surface area contributed by atoms with Gasteiger partial charge in [-0.3, -0.25) is 0 Å². The fraction of sp³-hybridized carbons (Fsp3) is 0.500. The molecule has 1 aliphatic rings. The third-order valence-electron chi connectivity index (χ3n) is 2.58. The van der Waals surface area contributed by atoms with E-state index in [9.17, 15) is 0 Å². The summed E-state index contributed by atoms with van der Waals surface area (Å²) in [7, 11) is 0. The number of ether oxygens (including phenoxy) is 1. The van der Waals surface area contributed by atoms with Crippen LogP contribution in [0.3, 0.4) is 0 Å². The lowest BCUT2D eigenvalue weighted by molar-refractivity contribution is 0.322. The van der Waals surface area contributed by atoms with E-state index in [0.717, 1.165) is 24.6 Å². The number of rotatable bonds is 0. The maximum Gasteiger partial charge on any atom is 0.143 e. The molecule has 0 aliphatic carbocycles. The molecule has 0 aromatic heterocycles. The number of anilines is 1. The van der Waals surface area contributed by atoms with Crippen LogP contribution in [-0.4, -0.2) is 13.2 Å². The quantitative estimate of drug-likeness (QED) is 0.741. The minimum Gasteiger partial charge on any atom is -0.490 e. The molecule has 1 aromatic carbocycles. The van der Waals surface area contributed by atoms with Crippen LogP contribution >= 0.6 is 22.6 Å². The van der Waals surface area contributed by atoms with Crippen molar-refractivity contribution in [2.24, 2.45) is 0 Å². The molecule has 0 bridgehead atoms. The molecule has 82 valence electrons. The van der Waals surface area contributed by atoms with Gasteiger partial charge in [-0.15, -0.1) is 0 Å². The van der Waals surface area contributed by atoms with Crippen LogP contribution in [0.2, 0.25) is 0 Å². The van der Waals surface area contributed by atoms with Crippen molar-refractivity contribution in [2.75, 3.05) is 18.5 Å². The predicted octanol–water partition coefficient (Wildman–Crippen LogP) is 3.39. The molecule has 0 unspecified atom stereocenters. The average Bonchev–Trinajstić information content (AvgIpc) is 2.16. The first-order valence-electron chi connectivity index (χ1n) is 5.19. The largest absolute Gasteiger partial charge is 0.490 e. The Balaban J connectivity index is 2.50. The molecule has 15 heavy (non-hydrogen) atoms. The fourth-order valence-electron chi connectivity index (χ4n) is 1.64. The fourth-order valence-corrected chi connectivity index (χ4v) is 2.43. The Morgan fingerprint density at radius 3 is 2.73 bits per heavy atom. The second kappa shape index (κ2) is 3.85. The molecule has 0 atom stereocenters. The van der Waals surface area contributed by atoms with Crippen molar-refractivity contribution in [2.45, 2.75) is 26.2 Å². The van der Waals surface area contributed by atoms with Gasteiger partial charge in [-0.1, -0.05) is 20.8 Å². The normalized spacial score (nSPS) is 15.2. The Labute approximate surface area is 105 Å². The summed E-state index contributed by atoms with van der Waals surface area (Å²) in [6.45, 7) is 8.33. The van der Waals surface area contributed by atoms with E-state index in [1.807, 2.05) is 0 Å². The summed E-state index contributed by atoms with van der Waals surface area (Å²) in [4.78, 5) is 0. The van der Waals surface area contributed by atoms with E-state index < -0.39 is 0 Å². The highest BCUT2D eigenvalue weighted by atomic mass is 127. The van der Waals surface area contributed by atoms with Crippen LogP contribution in [0.5, 0.6) is 5.75 Å². The van der Waals surface area contributed by atoms with Crippen LogP contribution in [0.25, 0.3) is 0 Å². The van der Waals surface area contributed by atoms with Crippen LogP contribution < -0.4 is 10.1 Å². The Hall–Kier alpha value is -0.450. The van der Waals surface area contributed by atoms with E-state index >= 15 is 0 Å². The Bertz CT molecular complexity index is 382. The Morgan fingerprint density at radius 2 is 2.07 bits per heavy atom. The third kappa shape index (κ3) is 2.22. The highest BCUT2D eigenvalue weighted by molar-refractivity contribution is 14.1. The first-order valence-corrected chi connectivity index (χ1v) is 6.27. The molecule has 1 N–H and O–H groups in total. The molecule has 0 saturated heterocycles. The number of hydrogen-bond acceptors (Lipinski definition) is 2. The second-order valence-corrected chi connectivity index (χ2v) is 6.02. The zero-order chi connectivity index (χ0) is 11.1. The highest BCUT2D eigenvalue weighted by Crippen LogP contribution is 2.37. The molecular weight excluding hydrogens is 301 g/mol. The van der Waals surface area contributed by atoms with Crippen molar-refractivity contribution in [3.63, 3.8) is 0 Å². The van der Waals surface area contributed by atoms with Crippen molar-refractivity contribution in [1.29, 1.82) is 0 Å². The van der Waals surface area contributed by atoms with Gasteiger partial charge in [0.05, 0.1) is 5.69 Å². The van der Waals surface area contributed by atoms with E-state index in [2.05, 4.69) is 60.8 Å². The van der Waals surface area contributed by atoms with Gasteiger partial charge in [0.25, 0.3) is 0 Å². The van der Waals surface area contributed by atoms with Gasteiger partial charge < -0.3 is 10.1 Å². The van der Waals surface area contributed by atoms with Gasteiger partial charge in [0, 0.05) is 10.1 Å². The second-order valence-electron chi connectivity index (χ2n) is 4.86. The number of nitrogens with one attached hydrogen (secondary N) is 1. The summed E-state index contributed by atoms with van der Waals surface area (Å²) in [5.41, 5.74) is 2.65. The summed E-state index contributed by atoms with van der Waals surface area (Å²) in [6.07, 6.45) is 0. The lowest BCUT2D eigenvalue weighted by Gasteiger charge is -2.25. The molecule has 2 nitrogen and oxygen atoms in total. The molecule has 0 amide bonds. The SMILES string of the molecule is CC(C)(C)c1cc(I)c2c(c1)OCCN2. The lowest BCUT2D eigenvalue weighted by Crippen LogP contribution is -2.20. The number of fused-ring (bicyclic) bond motifs is 1. The maximum absolute atomic E-state index is 5.67. The molecule has 3 heteroatoms. The summed E-state index contributed by atoms with van der Waals surface area (Å²) in [5, 5.41) is 3.38. The van der Waals surface area contributed by atoms with Crippen LogP contribution in [0, 0.1) is 3.57 Å². The smallest absolute Gasteiger partial charge is 0.143 e. The molecule has 0 spiro atoms. The number of benzene rings is 1. The van der Waals surface area contributed by atoms with Gasteiger partial charge >= 0.3 is 0 Å². The van der Waals surface area contributed by atoms with E-state index in [1.54, 1.807) is 0 Å². The van der Waals surface area contributed by atoms with Crippen LogP contribution in [-0.2, 0) is 5.41 Å². The Kier molecular flexibility index (Phi) is 2.83. The van der Waals surface area contributed by atoms with E-state index in [0.29, 0.717) is 0 Å². The zero-order valence-corrected chi connectivity index (χ0v) is 11.5. The molecule has 2 rings (SSSR count). The van der Waals surface area contributed by atoms with Crippen molar-refractivity contribution >= 4 is 28.3 Å². The third-order valence-corrected chi connectivity index (χ3v) is 3.43. The van der Waals surface area contributed by atoms with Gasteiger partial charge in [0.1, 0.15) is 12.4 Å². The van der Waals surface area contributed by atoms with E-state index in [4.69, 9.17) is 4.74 Å². The van der Waals surface area contributed by atoms with Crippen molar-refractivity contribution in [1.82, 2.24) is 0 Å². The summed E-state index contributed by atoms with van der Waals surface area (Å²) < 4.78 is 6.92. The molecule has 0 saturated carbocycles.